The predicted octanol–water partition coefficient (Wildman–Crippen LogP) is 0.872. The zero-order chi connectivity index (χ0) is 14.1. The van der Waals surface area contributed by atoms with Gasteiger partial charge in [-0.3, -0.25) is 4.98 Å². The number of carbonyl (C=O) groups excluding carboxylic acids is 1. The van der Waals surface area contributed by atoms with Crippen LogP contribution in [0.2, 0.25) is 0 Å². The standard InChI is InChI=1S/C13H22N4O2/c1-3-11(9-18)17-13(19)16-7-6-15-12-4-5-14-8-10(12)2/h4-5,8,11,18H,3,6-7,9H2,1-2H3,(H,14,15)(H2,16,17,19)/t11-/m1/s1. The first-order valence-electron chi connectivity index (χ1n) is 6.47. The highest BCUT2D eigenvalue weighted by molar-refractivity contribution is 5.74. The number of aliphatic hydroxyl groups is 1. The Morgan fingerprint density at radius 1 is 1.47 bits per heavy atom. The maximum atomic E-state index is 11.5. The number of pyridine rings is 1. The first kappa shape index (κ1) is 15.2. The molecule has 6 heteroatoms. The van der Waals surface area contributed by atoms with Crippen molar-refractivity contribution in [2.75, 3.05) is 25.0 Å². The molecule has 0 saturated carbocycles. The number of aliphatic hydroxyl groups excluding tert-OH is 1. The van der Waals surface area contributed by atoms with Gasteiger partial charge in [-0.2, -0.15) is 0 Å². The molecular formula is C13H22N4O2. The Hall–Kier alpha value is -1.82. The molecule has 0 aliphatic carbocycles. The summed E-state index contributed by atoms with van der Waals surface area (Å²) in [4.78, 5) is 15.5. The van der Waals surface area contributed by atoms with Crippen molar-refractivity contribution in [3.63, 3.8) is 0 Å². The molecule has 0 saturated heterocycles. The van der Waals surface area contributed by atoms with Gasteiger partial charge in [0.2, 0.25) is 0 Å². The summed E-state index contributed by atoms with van der Waals surface area (Å²) in [5, 5.41) is 17.6. The number of rotatable bonds is 7. The van der Waals surface area contributed by atoms with E-state index in [9.17, 15) is 4.79 Å². The van der Waals surface area contributed by atoms with E-state index in [2.05, 4.69) is 20.9 Å². The number of anilines is 1. The van der Waals surface area contributed by atoms with E-state index in [4.69, 9.17) is 5.11 Å². The number of aromatic nitrogens is 1. The number of urea groups is 1. The summed E-state index contributed by atoms with van der Waals surface area (Å²) in [6.45, 7) is 4.99. The minimum atomic E-state index is -0.255. The predicted molar refractivity (Wildman–Crippen MR) is 75.2 cm³/mol. The second kappa shape index (κ2) is 8.31. The lowest BCUT2D eigenvalue weighted by Crippen LogP contribution is -2.44. The van der Waals surface area contributed by atoms with E-state index < -0.39 is 0 Å². The van der Waals surface area contributed by atoms with Gasteiger partial charge in [-0.05, 0) is 25.0 Å². The molecule has 0 aromatic carbocycles. The fourth-order valence-corrected chi connectivity index (χ4v) is 1.56. The molecule has 0 fully saturated rings. The summed E-state index contributed by atoms with van der Waals surface area (Å²) in [6, 6.07) is 1.46. The van der Waals surface area contributed by atoms with Gasteiger partial charge < -0.3 is 21.1 Å². The number of carbonyl (C=O) groups is 1. The van der Waals surface area contributed by atoms with Crippen LogP contribution in [0.3, 0.4) is 0 Å². The van der Waals surface area contributed by atoms with Crippen molar-refractivity contribution in [3.05, 3.63) is 24.0 Å². The van der Waals surface area contributed by atoms with E-state index in [1.54, 1.807) is 12.4 Å². The van der Waals surface area contributed by atoms with Crippen molar-refractivity contribution in [2.24, 2.45) is 0 Å². The fraction of sp³-hybridized carbons (Fsp3) is 0.538. The molecule has 2 amide bonds. The van der Waals surface area contributed by atoms with Crippen molar-refractivity contribution in [1.82, 2.24) is 15.6 Å². The zero-order valence-electron chi connectivity index (χ0n) is 11.4. The van der Waals surface area contributed by atoms with Crippen LogP contribution in [0.25, 0.3) is 0 Å². The molecule has 0 aliphatic rings. The van der Waals surface area contributed by atoms with Crippen LogP contribution < -0.4 is 16.0 Å². The molecule has 4 N–H and O–H groups in total. The highest BCUT2D eigenvalue weighted by Crippen LogP contribution is 2.10. The summed E-state index contributed by atoms with van der Waals surface area (Å²) in [5.74, 6) is 0. The van der Waals surface area contributed by atoms with Crippen LogP contribution in [-0.2, 0) is 0 Å². The molecule has 6 nitrogen and oxygen atoms in total. The molecule has 1 heterocycles. The molecular weight excluding hydrogens is 244 g/mol. The van der Waals surface area contributed by atoms with Crippen LogP contribution >= 0.6 is 0 Å². The number of aryl methyl sites for hydroxylation is 1. The van der Waals surface area contributed by atoms with Crippen molar-refractivity contribution in [2.45, 2.75) is 26.3 Å². The summed E-state index contributed by atoms with van der Waals surface area (Å²) >= 11 is 0. The maximum Gasteiger partial charge on any atom is 0.315 e. The Labute approximate surface area is 113 Å². The molecule has 1 aromatic rings. The highest BCUT2D eigenvalue weighted by atomic mass is 16.3. The third-order valence-corrected chi connectivity index (χ3v) is 2.79. The van der Waals surface area contributed by atoms with Crippen LogP contribution in [0, 0.1) is 6.92 Å². The second-order valence-corrected chi connectivity index (χ2v) is 4.31. The van der Waals surface area contributed by atoms with Crippen LogP contribution in [0.5, 0.6) is 0 Å². The number of amides is 2. The minimum Gasteiger partial charge on any atom is -0.394 e. The van der Waals surface area contributed by atoms with Gasteiger partial charge in [0.25, 0.3) is 0 Å². The Kier molecular flexibility index (Phi) is 6.67. The van der Waals surface area contributed by atoms with Crippen LogP contribution in [0.15, 0.2) is 18.5 Å². The van der Waals surface area contributed by atoms with Crippen molar-refractivity contribution in [3.8, 4) is 0 Å². The van der Waals surface area contributed by atoms with E-state index in [1.807, 2.05) is 19.9 Å². The van der Waals surface area contributed by atoms with Gasteiger partial charge in [0.15, 0.2) is 0 Å². The third-order valence-electron chi connectivity index (χ3n) is 2.79. The smallest absolute Gasteiger partial charge is 0.315 e. The average molecular weight is 266 g/mol. The molecule has 1 aromatic heterocycles. The summed E-state index contributed by atoms with van der Waals surface area (Å²) in [7, 11) is 0. The number of hydrogen-bond acceptors (Lipinski definition) is 4. The quantitative estimate of drug-likeness (QED) is 0.552. The lowest BCUT2D eigenvalue weighted by molar-refractivity contribution is 0.215. The number of nitrogens with one attached hydrogen (secondary N) is 3. The van der Waals surface area contributed by atoms with Crippen LogP contribution in [0.4, 0.5) is 10.5 Å². The van der Waals surface area contributed by atoms with Crippen LogP contribution in [-0.4, -0.2) is 41.9 Å². The Bertz CT molecular complexity index is 394. The highest BCUT2D eigenvalue weighted by Gasteiger charge is 2.07. The van der Waals surface area contributed by atoms with E-state index >= 15 is 0 Å². The molecule has 19 heavy (non-hydrogen) atoms. The average Bonchev–Trinajstić information content (AvgIpc) is 2.42. The van der Waals surface area contributed by atoms with Crippen LogP contribution in [0.1, 0.15) is 18.9 Å². The van der Waals surface area contributed by atoms with Gasteiger partial charge >= 0.3 is 6.03 Å². The van der Waals surface area contributed by atoms with E-state index in [-0.39, 0.29) is 18.7 Å². The molecule has 0 spiro atoms. The topological polar surface area (TPSA) is 86.3 Å². The first-order valence-corrected chi connectivity index (χ1v) is 6.47. The third kappa shape index (κ3) is 5.56. The monoisotopic (exact) mass is 266 g/mol. The Morgan fingerprint density at radius 2 is 2.26 bits per heavy atom. The molecule has 1 rings (SSSR count). The van der Waals surface area contributed by atoms with Gasteiger partial charge in [-0.15, -0.1) is 0 Å². The number of hydrogen-bond donors (Lipinski definition) is 4. The summed E-state index contributed by atoms with van der Waals surface area (Å²) in [6.07, 6.45) is 4.22. The molecule has 0 aliphatic heterocycles. The second-order valence-electron chi connectivity index (χ2n) is 4.31. The molecule has 0 radical (unpaired) electrons. The van der Waals surface area contributed by atoms with Gasteiger partial charge in [-0.1, -0.05) is 6.92 Å². The van der Waals surface area contributed by atoms with E-state index in [1.165, 1.54) is 0 Å². The van der Waals surface area contributed by atoms with Gasteiger partial charge in [0.05, 0.1) is 12.6 Å². The van der Waals surface area contributed by atoms with Gasteiger partial charge in [-0.25, -0.2) is 4.79 Å². The largest absolute Gasteiger partial charge is 0.394 e. The molecule has 0 unspecified atom stereocenters. The lowest BCUT2D eigenvalue weighted by atomic mass is 10.2. The van der Waals surface area contributed by atoms with Gasteiger partial charge in [0, 0.05) is 31.2 Å². The number of nitrogens with zero attached hydrogens (tertiary/aromatic N) is 1. The van der Waals surface area contributed by atoms with Crippen molar-refractivity contribution >= 4 is 11.7 Å². The first-order chi connectivity index (χ1) is 9.17. The SMILES string of the molecule is CC[C@H](CO)NC(=O)NCCNc1ccncc1C. The Morgan fingerprint density at radius 3 is 2.89 bits per heavy atom. The maximum absolute atomic E-state index is 11.5. The van der Waals surface area contributed by atoms with E-state index in [0.29, 0.717) is 19.5 Å². The van der Waals surface area contributed by atoms with E-state index in [0.717, 1.165) is 11.3 Å². The molecule has 106 valence electrons. The molecule has 0 bridgehead atoms. The fourth-order valence-electron chi connectivity index (χ4n) is 1.56. The minimum absolute atomic E-state index is 0.0433. The normalized spacial score (nSPS) is 11.7. The molecule has 1 atom stereocenters. The lowest BCUT2D eigenvalue weighted by Gasteiger charge is -2.15. The summed E-state index contributed by atoms with van der Waals surface area (Å²) in [5.41, 5.74) is 2.08. The van der Waals surface area contributed by atoms with Gasteiger partial charge in [0.1, 0.15) is 0 Å². The van der Waals surface area contributed by atoms with Crippen molar-refractivity contribution in [1.29, 1.82) is 0 Å². The van der Waals surface area contributed by atoms with Crippen molar-refractivity contribution < 1.29 is 9.90 Å². The summed E-state index contributed by atoms with van der Waals surface area (Å²) < 4.78 is 0. The zero-order valence-corrected chi connectivity index (χ0v) is 11.4. The Balaban J connectivity index is 2.20.